The van der Waals surface area contributed by atoms with Crippen LogP contribution in [0.4, 0.5) is 5.95 Å². The maximum Gasteiger partial charge on any atom is 0.223 e. The Morgan fingerprint density at radius 1 is 1.35 bits per heavy atom. The van der Waals surface area contributed by atoms with Crippen LogP contribution in [0.2, 0.25) is 0 Å². The summed E-state index contributed by atoms with van der Waals surface area (Å²) in [6.45, 7) is 2.97. The third-order valence-electron chi connectivity index (χ3n) is 2.52. The number of anilines is 1. The Morgan fingerprint density at radius 2 is 2.15 bits per heavy atom. The third kappa shape index (κ3) is 3.86. The average molecular weight is 354 g/mol. The van der Waals surface area contributed by atoms with Gasteiger partial charge < -0.3 is 10.1 Å². The molecule has 1 N–H and O–H groups in total. The second-order valence-corrected chi connectivity index (χ2v) is 5.91. The molecule has 0 saturated carbocycles. The van der Waals surface area contributed by atoms with E-state index >= 15 is 0 Å². The van der Waals surface area contributed by atoms with Crippen LogP contribution >= 0.6 is 27.7 Å². The van der Waals surface area contributed by atoms with E-state index in [0.29, 0.717) is 5.95 Å². The zero-order valence-electron chi connectivity index (χ0n) is 11.4. The van der Waals surface area contributed by atoms with Gasteiger partial charge >= 0.3 is 0 Å². The smallest absolute Gasteiger partial charge is 0.223 e. The number of para-hydroxylation sites is 1. The molecule has 0 radical (unpaired) electrons. The quantitative estimate of drug-likeness (QED) is 0.787. The fourth-order valence-electron chi connectivity index (χ4n) is 1.55. The van der Waals surface area contributed by atoms with E-state index in [1.807, 2.05) is 24.3 Å². The van der Waals surface area contributed by atoms with Crippen molar-refractivity contribution in [3.8, 4) is 5.75 Å². The first-order valence-electron chi connectivity index (χ1n) is 6.32. The molecule has 0 aliphatic heterocycles. The van der Waals surface area contributed by atoms with Crippen LogP contribution in [-0.2, 0) is 0 Å². The number of ether oxygens (including phenoxy) is 1. The number of aromatic nitrogens is 2. The lowest BCUT2D eigenvalue weighted by molar-refractivity contribution is 0.405. The van der Waals surface area contributed by atoms with Gasteiger partial charge in [-0.05, 0) is 34.5 Å². The number of nitrogens with zero attached hydrogens (tertiary/aromatic N) is 2. The van der Waals surface area contributed by atoms with Crippen LogP contribution < -0.4 is 10.1 Å². The van der Waals surface area contributed by atoms with E-state index in [9.17, 15) is 0 Å². The molecule has 2 rings (SSSR count). The van der Waals surface area contributed by atoms with Crippen LogP contribution in [0.1, 0.15) is 13.3 Å². The summed E-state index contributed by atoms with van der Waals surface area (Å²) in [6, 6.07) is 7.88. The minimum atomic E-state index is 0.646. The van der Waals surface area contributed by atoms with Crippen LogP contribution in [-0.4, -0.2) is 23.6 Å². The first-order valence-corrected chi connectivity index (χ1v) is 7.92. The van der Waals surface area contributed by atoms with Crippen LogP contribution in [0.15, 0.2) is 44.9 Å². The highest BCUT2D eigenvalue weighted by Gasteiger charge is 2.10. The molecule has 0 bridgehead atoms. The lowest BCUT2D eigenvalue weighted by Gasteiger charge is -2.09. The van der Waals surface area contributed by atoms with Gasteiger partial charge in [-0.2, -0.15) is 0 Å². The third-order valence-corrected chi connectivity index (χ3v) is 4.43. The highest BCUT2D eigenvalue weighted by atomic mass is 79.9. The van der Waals surface area contributed by atoms with Crippen LogP contribution in [0.25, 0.3) is 0 Å². The predicted molar refractivity (Wildman–Crippen MR) is 85.6 cm³/mol. The average Bonchev–Trinajstić information content (AvgIpc) is 2.48. The van der Waals surface area contributed by atoms with Crippen molar-refractivity contribution in [3.63, 3.8) is 0 Å². The van der Waals surface area contributed by atoms with Crippen molar-refractivity contribution in [1.29, 1.82) is 0 Å². The molecule has 106 valence electrons. The second-order valence-electron chi connectivity index (χ2n) is 4.03. The Bertz CT molecular complexity index is 580. The lowest BCUT2D eigenvalue weighted by atomic mass is 10.3. The summed E-state index contributed by atoms with van der Waals surface area (Å²) in [6.07, 6.45) is 2.80. The second kappa shape index (κ2) is 7.50. The summed E-state index contributed by atoms with van der Waals surface area (Å²) in [5, 5.41) is 4.05. The first-order chi connectivity index (χ1) is 9.74. The zero-order chi connectivity index (χ0) is 14.4. The van der Waals surface area contributed by atoms with E-state index < -0.39 is 0 Å². The van der Waals surface area contributed by atoms with Gasteiger partial charge in [0.2, 0.25) is 5.95 Å². The topological polar surface area (TPSA) is 47.0 Å². The van der Waals surface area contributed by atoms with Crippen molar-refractivity contribution >= 4 is 33.6 Å². The van der Waals surface area contributed by atoms with Crippen LogP contribution in [0, 0.1) is 0 Å². The standard InChI is InChI=1S/C14H16BrN3OS/c1-3-8-16-14-17-9-10(15)13(18-14)20-12-7-5-4-6-11(12)19-2/h4-7,9H,3,8H2,1-2H3,(H,16,17,18). The normalized spacial score (nSPS) is 10.3. The number of rotatable bonds is 6. The van der Waals surface area contributed by atoms with Gasteiger partial charge in [-0.25, -0.2) is 9.97 Å². The Morgan fingerprint density at radius 3 is 2.90 bits per heavy atom. The number of benzene rings is 1. The van der Waals surface area contributed by atoms with Gasteiger partial charge in [0.15, 0.2) is 0 Å². The van der Waals surface area contributed by atoms with Crippen molar-refractivity contribution < 1.29 is 4.74 Å². The molecule has 0 saturated heterocycles. The highest BCUT2D eigenvalue weighted by molar-refractivity contribution is 9.10. The summed E-state index contributed by atoms with van der Waals surface area (Å²) in [4.78, 5) is 9.79. The number of hydrogen-bond donors (Lipinski definition) is 1. The van der Waals surface area contributed by atoms with Crippen LogP contribution in [0.3, 0.4) is 0 Å². The highest BCUT2D eigenvalue weighted by Crippen LogP contribution is 2.37. The van der Waals surface area contributed by atoms with E-state index in [1.54, 1.807) is 25.1 Å². The van der Waals surface area contributed by atoms with Gasteiger partial charge in [0.05, 0.1) is 16.5 Å². The molecule has 20 heavy (non-hydrogen) atoms. The van der Waals surface area contributed by atoms with Gasteiger partial charge in [-0.3, -0.25) is 0 Å². The summed E-state index contributed by atoms with van der Waals surface area (Å²) < 4.78 is 6.23. The van der Waals surface area contributed by atoms with Gasteiger partial charge in [-0.15, -0.1) is 0 Å². The van der Waals surface area contributed by atoms with E-state index in [0.717, 1.165) is 33.1 Å². The Hall–Kier alpha value is -1.27. The van der Waals surface area contributed by atoms with Crippen molar-refractivity contribution in [2.24, 2.45) is 0 Å². The zero-order valence-corrected chi connectivity index (χ0v) is 13.8. The molecular weight excluding hydrogens is 338 g/mol. The van der Waals surface area contributed by atoms with Gasteiger partial charge in [0.1, 0.15) is 10.8 Å². The molecule has 6 heteroatoms. The summed E-state index contributed by atoms with van der Waals surface area (Å²) in [7, 11) is 1.67. The summed E-state index contributed by atoms with van der Waals surface area (Å²) in [5.74, 6) is 1.48. The number of hydrogen-bond acceptors (Lipinski definition) is 5. The summed E-state index contributed by atoms with van der Waals surface area (Å²) >= 11 is 5.04. The van der Waals surface area contributed by atoms with Crippen molar-refractivity contribution in [3.05, 3.63) is 34.9 Å². The number of halogens is 1. The summed E-state index contributed by atoms with van der Waals surface area (Å²) in [5.41, 5.74) is 0. The molecule has 4 nitrogen and oxygen atoms in total. The fourth-order valence-corrected chi connectivity index (χ4v) is 2.88. The predicted octanol–water partition coefficient (Wildman–Crippen LogP) is 4.22. The Balaban J connectivity index is 2.23. The minimum absolute atomic E-state index is 0.646. The van der Waals surface area contributed by atoms with E-state index in [1.165, 1.54) is 0 Å². The van der Waals surface area contributed by atoms with E-state index in [-0.39, 0.29) is 0 Å². The lowest BCUT2D eigenvalue weighted by Crippen LogP contribution is -2.04. The largest absolute Gasteiger partial charge is 0.496 e. The van der Waals surface area contributed by atoms with Crippen molar-refractivity contribution in [2.75, 3.05) is 19.0 Å². The molecule has 0 aliphatic carbocycles. The molecule has 1 aromatic heterocycles. The van der Waals surface area contributed by atoms with Crippen LogP contribution in [0.5, 0.6) is 5.75 Å². The Kier molecular flexibility index (Phi) is 5.67. The van der Waals surface area contributed by atoms with Gasteiger partial charge in [-0.1, -0.05) is 30.8 Å². The molecule has 0 aliphatic rings. The fraction of sp³-hybridized carbons (Fsp3) is 0.286. The minimum Gasteiger partial charge on any atom is -0.496 e. The first kappa shape index (κ1) is 15.1. The number of methoxy groups -OCH3 is 1. The van der Waals surface area contributed by atoms with Gasteiger partial charge in [0, 0.05) is 12.7 Å². The number of nitrogens with one attached hydrogen (secondary N) is 1. The molecule has 1 aromatic carbocycles. The van der Waals surface area contributed by atoms with Gasteiger partial charge in [0.25, 0.3) is 0 Å². The monoisotopic (exact) mass is 353 g/mol. The van der Waals surface area contributed by atoms with E-state index in [2.05, 4.69) is 38.1 Å². The van der Waals surface area contributed by atoms with Crippen molar-refractivity contribution in [1.82, 2.24) is 9.97 Å². The van der Waals surface area contributed by atoms with Crippen molar-refractivity contribution in [2.45, 2.75) is 23.3 Å². The maximum absolute atomic E-state index is 5.36. The molecule has 0 amide bonds. The SMILES string of the molecule is CCCNc1ncc(Br)c(Sc2ccccc2OC)n1. The molecule has 0 atom stereocenters. The molecule has 0 spiro atoms. The molecule has 1 heterocycles. The maximum atomic E-state index is 5.36. The molecular formula is C14H16BrN3OS. The Labute approximate surface area is 131 Å². The molecule has 0 unspecified atom stereocenters. The molecule has 2 aromatic rings. The molecule has 0 fully saturated rings. The van der Waals surface area contributed by atoms with E-state index in [4.69, 9.17) is 4.74 Å².